The number of nitrogens with two attached hydrogens (primary N) is 1. The van der Waals surface area contributed by atoms with Gasteiger partial charge in [0.2, 0.25) is 17.2 Å². The van der Waals surface area contributed by atoms with Gasteiger partial charge < -0.3 is 30.3 Å². The zero-order valence-electron chi connectivity index (χ0n) is 16.0. The fourth-order valence-corrected chi connectivity index (χ4v) is 3.96. The molecule has 13 heteroatoms. The number of carbonyl (C=O) groups excluding carboxylic acids is 4. The molecular weight excluding hydrogens is 390 g/mol. The van der Waals surface area contributed by atoms with E-state index in [1.807, 2.05) is 0 Å². The first-order valence-corrected chi connectivity index (χ1v) is 8.82. The van der Waals surface area contributed by atoms with E-state index in [2.05, 4.69) is 10.3 Å². The number of ether oxygens (including phenoxy) is 1. The molecule has 3 aliphatic heterocycles. The van der Waals surface area contributed by atoms with Gasteiger partial charge in [-0.15, -0.1) is 0 Å². The van der Waals surface area contributed by atoms with Gasteiger partial charge in [0.1, 0.15) is 18.3 Å². The summed E-state index contributed by atoms with van der Waals surface area (Å²) in [4.78, 5) is 56.1. The highest BCUT2D eigenvalue weighted by molar-refractivity contribution is 6.15. The largest absolute Gasteiger partial charge is 0.394 e. The van der Waals surface area contributed by atoms with Crippen LogP contribution in [0.4, 0.5) is 0 Å². The van der Waals surface area contributed by atoms with Crippen LogP contribution in [-0.4, -0.2) is 103 Å². The molecule has 0 aliphatic carbocycles. The Hall–Kier alpha value is -2.45. The predicted octanol–water partition coefficient (Wildman–Crippen LogP) is -4.40. The van der Waals surface area contributed by atoms with E-state index in [-0.39, 0.29) is 0 Å². The third-order valence-corrected chi connectivity index (χ3v) is 5.55. The first kappa shape index (κ1) is 21.3. The topological polar surface area (TPSA) is 195 Å². The summed E-state index contributed by atoms with van der Waals surface area (Å²) in [6.07, 6.45) is -6.14. The number of aliphatic hydroxyl groups is 3. The molecule has 0 saturated carbocycles. The van der Waals surface area contributed by atoms with Crippen LogP contribution in [-0.2, 0) is 23.9 Å². The summed E-state index contributed by atoms with van der Waals surface area (Å²) in [5, 5.41) is 32.0. The summed E-state index contributed by atoms with van der Waals surface area (Å²) in [5.41, 5.74) is 3.89. The molecule has 3 heterocycles. The molecule has 160 valence electrons. The van der Waals surface area contributed by atoms with Crippen LogP contribution in [0.25, 0.3) is 0 Å². The fourth-order valence-electron chi connectivity index (χ4n) is 3.96. The second-order valence-electron chi connectivity index (χ2n) is 7.28. The minimum atomic E-state index is -2.28. The Morgan fingerprint density at radius 2 is 1.86 bits per heavy atom. The van der Waals surface area contributed by atoms with E-state index in [4.69, 9.17) is 10.5 Å². The van der Waals surface area contributed by atoms with Crippen molar-refractivity contribution in [3.63, 3.8) is 0 Å². The highest BCUT2D eigenvalue weighted by Gasteiger charge is 2.69. The quantitative estimate of drug-likeness (QED) is 0.281. The molecule has 0 aromatic heterocycles. The number of amides is 2. The molecular formula is C16H23N5O8. The highest BCUT2D eigenvalue weighted by atomic mass is 16.6. The molecule has 13 nitrogen and oxygen atoms in total. The Labute approximate surface area is 165 Å². The normalized spacial score (nSPS) is 41.3. The molecule has 0 aromatic carbocycles. The van der Waals surface area contributed by atoms with E-state index in [1.165, 1.54) is 0 Å². The number of aliphatic hydroxyl groups excluding tert-OH is 3. The van der Waals surface area contributed by atoms with Crippen LogP contribution in [0.5, 0.6) is 0 Å². The molecule has 7 atom stereocenters. The third-order valence-electron chi connectivity index (χ3n) is 5.55. The number of nitrogens with zero attached hydrogens (tertiary/aromatic N) is 3. The lowest BCUT2D eigenvalue weighted by molar-refractivity contribution is -0.183. The SMILES string of the molecule is CC(=O)N1C2N([C@@H]3O[C@H](CO)[C@@H](O)[C@H]3O)C=NC2(C(C)=O)C(=O)NC1(N)C(C)=O. The molecule has 29 heavy (non-hydrogen) atoms. The zero-order valence-corrected chi connectivity index (χ0v) is 16.0. The lowest BCUT2D eigenvalue weighted by Gasteiger charge is -2.53. The van der Waals surface area contributed by atoms with Crippen molar-refractivity contribution in [3.8, 4) is 0 Å². The molecule has 2 saturated heterocycles. The van der Waals surface area contributed by atoms with E-state index in [0.717, 1.165) is 36.9 Å². The zero-order chi connectivity index (χ0) is 21.9. The third kappa shape index (κ3) is 2.69. The predicted molar refractivity (Wildman–Crippen MR) is 93.6 cm³/mol. The Morgan fingerprint density at radius 1 is 1.24 bits per heavy atom. The fraction of sp³-hybridized carbons (Fsp3) is 0.688. The van der Waals surface area contributed by atoms with E-state index in [9.17, 15) is 34.5 Å². The van der Waals surface area contributed by atoms with Gasteiger partial charge in [-0.2, -0.15) is 0 Å². The van der Waals surface area contributed by atoms with Crippen molar-refractivity contribution >= 4 is 29.7 Å². The first-order chi connectivity index (χ1) is 13.4. The molecule has 2 amide bonds. The van der Waals surface area contributed by atoms with Gasteiger partial charge in [-0.05, 0) is 6.92 Å². The minimum Gasteiger partial charge on any atom is -0.394 e. The maximum Gasteiger partial charge on any atom is 0.263 e. The van der Waals surface area contributed by atoms with E-state index in [0.29, 0.717) is 0 Å². The van der Waals surface area contributed by atoms with Gasteiger partial charge in [0.15, 0.2) is 24.0 Å². The molecule has 3 rings (SSSR count). The van der Waals surface area contributed by atoms with Gasteiger partial charge in [0.05, 0.1) is 12.9 Å². The molecule has 3 unspecified atom stereocenters. The Bertz CT molecular complexity index is 804. The second-order valence-corrected chi connectivity index (χ2v) is 7.28. The van der Waals surface area contributed by atoms with Crippen molar-refractivity contribution in [3.05, 3.63) is 0 Å². The Balaban J connectivity index is 2.16. The van der Waals surface area contributed by atoms with E-state index < -0.39 is 72.0 Å². The number of hydrogen-bond acceptors (Lipinski definition) is 11. The van der Waals surface area contributed by atoms with Gasteiger partial charge in [-0.3, -0.25) is 29.8 Å². The number of ketones is 2. The van der Waals surface area contributed by atoms with Crippen molar-refractivity contribution in [2.45, 2.75) is 62.8 Å². The number of carbonyl (C=O) groups is 4. The van der Waals surface area contributed by atoms with Crippen molar-refractivity contribution in [2.24, 2.45) is 10.7 Å². The molecule has 3 aliphatic rings. The second kappa shape index (κ2) is 6.81. The number of fused-ring (bicyclic) bond motifs is 1. The van der Waals surface area contributed by atoms with Crippen molar-refractivity contribution < 1.29 is 39.2 Å². The first-order valence-electron chi connectivity index (χ1n) is 8.82. The lowest BCUT2D eigenvalue weighted by atomic mass is 9.85. The molecule has 0 aromatic rings. The highest BCUT2D eigenvalue weighted by Crippen LogP contribution is 2.40. The van der Waals surface area contributed by atoms with Gasteiger partial charge in [-0.1, -0.05) is 0 Å². The molecule has 0 bridgehead atoms. The summed E-state index contributed by atoms with van der Waals surface area (Å²) in [5.74, 6) is -5.58. The Kier molecular flexibility index (Phi) is 4.99. The monoisotopic (exact) mass is 413 g/mol. The van der Waals surface area contributed by atoms with Gasteiger partial charge in [0, 0.05) is 13.8 Å². The van der Waals surface area contributed by atoms with Crippen LogP contribution in [0, 0.1) is 0 Å². The number of nitrogens with one attached hydrogen (secondary N) is 1. The minimum absolute atomic E-state index is 0.618. The number of aliphatic imine (C=N–C) groups is 1. The smallest absolute Gasteiger partial charge is 0.263 e. The number of Topliss-reactive ketones (excluding diaryl/α,β-unsaturated/α-hetero) is 2. The molecule has 6 N–H and O–H groups in total. The van der Waals surface area contributed by atoms with Crippen LogP contribution in [0.3, 0.4) is 0 Å². The van der Waals surface area contributed by atoms with E-state index >= 15 is 0 Å². The average molecular weight is 413 g/mol. The summed E-state index contributed by atoms with van der Waals surface area (Å²) in [7, 11) is 0. The Morgan fingerprint density at radius 3 is 2.31 bits per heavy atom. The number of hydrogen-bond donors (Lipinski definition) is 5. The van der Waals surface area contributed by atoms with Crippen LogP contribution in [0.2, 0.25) is 0 Å². The van der Waals surface area contributed by atoms with Crippen molar-refractivity contribution in [1.29, 1.82) is 0 Å². The van der Waals surface area contributed by atoms with Crippen LogP contribution in [0.15, 0.2) is 4.99 Å². The van der Waals surface area contributed by atoms with Gasteiger partial charge in [-0.25, -0.2) is 4.99 Å². The summed E-state index contributed by atoms with van der Waals surface area (Å²) in [6, 6.07) is 0. The van der Waals surface area contributed by atoms with Crippen molar-refractivity contribution in [1.82, 2.24) is 15.1 Å². The van der Waals surface area contributed by atoms with Gasteiger partial charge in [0.25, 0.3) is 5.91 Å². The van der Waals surface area contributed by atoms with Crippen LogP contribution < -0.4 is 11.1 Å². The van der Waals surface area contributed by atoms with Crippen LogP contribution in [0.1, 0.15) is 20.8 Å². The average Bonchev–Trinajstić information content (AvgIpc) is 3.14. The van der Waals surface area contributed by atoms with Crippen LogP contribution >= 0.6 is 0 Å². The lowest BCUT2D eigenvalue weighted by Crippen LogP contribution is -2.86. The van der Waals surface area contributed by atoms with Crippen molar-refractivity contribution in [2.75, 3.05) is 6.61 Å². The molecule has 0 spiro atoms. The summed E-state index contributed by atoms with van der Waals surface area (Å²) in [6.45, 7) is 2.61. The standard InChI is InChI=1S/C16H23N5O8/c1-6(23)15-13(28)19-16(17,7(2)24)21(8(3)25)14(15)20(5-18-15)12-11(27)10(26)9(4-22)29-12/h5,9-12,14,22,26-27H,4,17H2,1-3H3,(H,19,28)/t9-,10-,11-,12-,14?,15?,16?/m1/s1. The van der Waals surface area contributed by atoms with E-state index in [1.54, 1.807) is 0 Å². The summed E-state index contributed by atoms with van der Waals surface area (Å²) >= 11 is 0. The molecule has 0 radical (unpaired) electrons. The maximum absolute atomic E-state index is 12.9. The number of rotatable bonds is 4. The van der Waals surface area contributed by atoms with Gasteiger partial charge >= 0.3 is 0 Å². The maximum atomic E-state index is 12.9. The molecule has 2 fully saturated rings. The summed E-state index contributed by atoms with van der Waals surface area (Å²) < 4.78 is 5.46.